The van der Waals surface area contributed by atoms with Gasteiger partial charge in [0.15, 0.2) is 11.5 Å². The number of methoxy groups -OCH3 is 2. The average Bonchev–Trinajstić information content (AvgIpc) is 2.78. The van der Waals surface area contributed by atoms with Crippen LogP contribution in [0.3, 0.4) is 0 Å². The van der Waals surface area contributed by atoms with Gasteiger partial charge in [0, 0.05) is 23.9 Å². The Bertz CT molecular complexity index is 1050. The van der Waals surface area contributed by atoms with Crippen molar-refractivity contribution in [3.05, 3.63) is 48.0 Å². The largest absolute Gasteiger partial charge is 0.493 e. The number of ether oxygens (including phenoxy) is 3. The summed E-state index contributed by atoms with van der Waals surface area (Å²) < 4.78 is 29.6. The number of likely N-dealkylation sites (tertiary alicyclic amines) is 1. The summed E-state index contributed by atoms with van der Waals surface area (Å²) in [6, 6.07) is 9.77. The van der Waals surface area contributed by atoms with Gasteiger partial charge in [-0.25, -0.2) is 14.4 Å². The fraction of sp³-hybridized carbons (Fsp3) is 0.391. The first-order valence-corrected chi connectivity index (χ1v) is 10.3. The molecule has 31 heavy (non-hydrogen) atoms. The third-order valence-corrected chi connectivity index (χ3v) is 5.54. The first-order valence-electron chi connectivity index (χ1n) is 10.3. The van der Waals surface area contributed by atoms with Gasteiger partial charge in [0.25, 0.3) is 0 Å². The fourth-order valence-electron chi connectivity index (χ4n) is 3.98. The molecule has 2 aromatic carbocycles. The maximum Gasteiger partial charge on any atom is 0.162 e. The van der Waals surface area contributed by atoms with Gasteiger partial charge >= 0.3 is 0 Å². The normalized spacial score (nSPS) is 16.9. The molecule has 1 fully saturated rings. The molecular weight excluding hydrogens is 399 g/mol. The van der Waals surface area contributed by atoms with Gasteiger partial charge in [0.1, 0.15) is 23.2 Å². The molecule has 4 rings (SSSR count). The Morgan fingerprint density at radius 1 is 1.10 bits per heavy atom. The number of rotatable bonds is 7. The number of nitrogen functional groups attached to an aromatic ring is 1. The first kappa shape index (κ1) is 21.1. The Balaban J connectivity index is 1.43. The molecule has 164 valence electrons. The van der Waals surface area contributed by atoms with E-state index in [4.69, 9.17) is 24.9 Å². The standard InChI is InChI=1S/C23H27FN4O3/c1-29-20-10-18-19(11-21(20)30-2)26-22(27-23(18)25)13-28-9-3-4-15(12-28)14-31-17-7-5-16(24)6-8-17/h5-8,10-11,15H,3-4,9,12-14H2,1-2H3,(H2,25,26,27)/t15-/m0/s1. The van der Waals surface area contributed by atoms with Crippen LogP contribution in [0.15, 0.2) is 36.4 Å². The van der Waals surface area contributed by atoms with Gasteiger partial charge in [-0.15, -0.1) is 0 Å². The summed E-state index contributed by atoms with van der Waals surface area (Å²) in [5, 5.41) is 0.741. The van der Waals surface area contributed by atoms with Crippen LogP contribution in [-0.4, -0.2) is 48.8 Å². The van der Waals surface area contributed by atoms with Gasteiger partial charge in [-0.3, -0.25) is 4.90 Å². The van der Waals surface area contributed by atoms with Crippen molar-refractivity contribution in [3.8, 4) is 17.2 Å². The van der Waals surface area contributed by atoms with Gasteiger partial charge in [-0.1, -0.05) is 0 Å². The van der Waals surface area contributed by atoms with Crippen molar-refractivity contribution in [2.24, 2.45) is 5.92 Å². The number of halogens is 1. The van der Waals surface area contributed by atoms with E-state index in [0.29, 0.717) is 48.0 Å². The van der Waals surface area contributed by atoms with E-state index in [1.807, 2.05) is 6.07 Å². The molecule has 0 aliphatic carbocycles. The quantitative estimate of drug-likeness (QED) is 0.617. The molecule has 0 amide bonds. The van der Waals surface area contributed by atoms with Crippen LogP contribution < -0.4 is 19.9 Å². The van der Waals surface area contributed by atoms with Gasteiger partial charge in [-0.2, -0.15) is 0 Å². The van der Waals surface area contributed by atoms with Crippen molar-refractivity contribution < 1.29 is 18.6 Å². The van der Waals surface area contributed by atoms with E-state index in [1.54, 1.807) is 32.4 Å². The number of piperidine rings is 1. The summed E-state index contributed by atoms with van der Waals surface area (Å²) in [5.41, 5.74) is 6.94. The van der Waals surface area contributed by atoms with E-state index in [-0.39, 0.29) is 5.82 Å². The van der Waals surface area contributed by atoms with E-state index in [2.05, 4.69) is 9.88 Å². The van der Waals surface area contributed by atoms with Crippen LogP contribution >= 0.6 is 0 Å². The lowest BCUT2D eigenvalue weighted by molar-refractivity contribution is 0.123. The Kier molecular flexibility index (Phi) is 6.36. The van der Waals surface area contributed by atoms with Crippen LogP contribution in [0.25, 0.3) is 10.9 Å². The molecule has 3 aromatic rings. The number of fused-ring (bicyclic) bond motifs is 1. The van der Waals surface area contributed by atoms with Crippen LogP contribution in [0, 0.1) is 11.7 Å². The third-order valence-electron chi connectivity index (χ3n) is 5.54. The molecule has 1 aliphatic heterocycles. The minimum atomic E-state index is -0.262. The molecule has 7 nitrogen and oxygen atoms in total. The van der Waals surface area contributed by atoms with Crippen molar-refractivity contribution in [3.63, 3.8) is 0 Å². The third kappa shape index (κ3) is 4.96. The van der Waals surface area contributed by atoms with Gasteiger partial charge in [0.2, 0.25) is 0 Å². The zero-order valence-corrected chi connectivity index (χ0v) is 17.8. The molecule has 1 aliphatic rings. The lowest BCUT2D eigenvalue weighted by Gasteiger charge is -2.32. The first-order chi connectivity index (χ1) is 15.1. The molecule has 1 saturated heterocycles. The molecule has 0 spiro atoms. The second-order valence-corrected chi connectivity index (χ2v) is 7.76. The number of hydrogen-bond acceptors (Lipinski definition) is 7. The molecule has 0 radical (unpaired) electrons. The van der Waals surface area contributed by atoms with E-state index < -0.39 is 0 Å². The summed E-state index contributed by atoms with van der Waals surface area (Å²) >= 11 is 0. The monoisotopic (exact) mass is 426 g/mol. The van der Waals surface area contributed by atoms with Crippen LogP contribution in [0.5, 0.6) is 17.2 Å². The smallest absolute Gasteiger partial charge is 0.162 e. The molecule has 0 saturated carbocycles. The summed E-state index contributed by atoms with van der Waals surface area (Å²) in [6.45, 7) is 3.07. The molecular formula is C23H27FN4O3. The van der Waals surface area contributed by atoms with E-state index in [1.165, 1.54) is 12.1 Å². The Labute approximate surface area is 180 Å². The molecule has 8 heteroatoms. The number of aromatic nitrogens is 2. The molecule has 0 bridgehead atoms. The van der Waals surface area contributed by atoms with Crippen molar-refractivity contribution in [2.45, 2.75) is 19.4 Å². The van der Waals surface area contributed by atoms with Crippen LogP contribution in [0.4, 0.5) is 10.2 Å². The highest BCUT2D eigenvalue weighted by molar-refractivity contribution is 5.90. The number of anilines is 1. The lowest BCUT2D eigenvalue weighted by atomic mass is 9.99. The van der Waals surface area contributed by atoms with Crippen molar-refractivity contribution in [1.82, 2.24) is 14.9 Å². The zero-order chi connectivity index (χ0) is 21.8. The van der Waals surface area contributed by atoms with Gasteiger partial charge in [0.05, 0.1) is 32.9 Å². The molecule has 2 N–H and O–H groups in total. The fourth-order valence-corrected chi connectivity index (χ4v) is 3.98. The maximum absolute atomic E-state index is 13.0. The summed E-state index contributed by atoms with van der Waals surface area (Å²) in [5.74, 6) is 3.12. The molecule has 2 heterocycles. The van der Waals surface area contributed by atoms with Crippen LogP contribution in [0.1, 0.15) is 18.7 Å². The Morgan fingerprint density at radius 3 is 2.58 bits per heavy atom. The van der Waals surface area contributed by atoms with Crippen molar-refractivity contribution in [1.29, 1.82) is 0 Å². The second kappa shape index (κ2) is 9.34. The number of hydrogen-bond donors (Lipinski definition) is 1. The van der Waals surface area contributed by atoms with Crippen molar-refractivity contribution >= 4 is 16.7 Å². The topological polar surface area (TPSA) is 82.7 Å². The number of nitrogens with two attached hydrogens (primary N) is 1. The van der Waals surface area contributed by atoms with Crippen LogP contribution in [-0.2, 0) is 6.54 Å². The zero-order valence-electron chi connectivity index (χ0n) is 17.8. The average molecular weight is 426 g/mol. The highest BCUT2D eigenvalue weighted by atomic mass is 19.1. The Hall–Kier alpha value is -3.13. The van der Waals surface area contributed by atoms with Gasteiger partial charge < -0.3 is 19.9 Å². The summed E-state index contributed by atoms with van der Waals surface area (Å²) in [4.78, 5) is 11.5. The maximum atomic E-state index is 13.0. The minimum absolute atomic E-state index is 0.262. The highest BCUT2D eigenvalue weighted by Crippen LogP contribution is 2.33. The van der Waals surface area contributed by atoms with Crippen molar-refractivity contribution in [2.75, 3.05) is 39.6 Å². The van der Waals surface area contributed by atoms with E-state index >= 15 is 0 Å². The predicted molar refractivity (Wildman–Crippen MR) is 117 cm³/mol. The van der Waals surface area contributed by atoms with E-state index in [0.717, 1.165) is 36.8 Å². The summed E-state index contributed by atoms with van der Waals surface area (Å²) in [6.07, 6.45) is 2.17. The minimum Gasteiger partial charge on any atom is -0.493 e. The number of nitrogens with zero attached hydrogens (tertiary/aromatic N) is 3. The lowest BCUT2D eigenvalue weighted by Crippen LogP contribution is -2.37. The molecule has 1 aromatic heterocycles. The predicted octanol–water partition coefficient (Wildman–Crippen LogP) is 3.66. The SMILES string of the molecule is COc1cc2nc(CN3CCC[C@H](COc4ccc(F)cc4)C3)nc(N)c2cc1OC. The van der Waals surface area contributed by atoms with E-state index in [9.17, 15) is 4.39 Å². The highest BCUT2D eigenvalue weighted by Gasteiger charge is 2.22. The number of benzene rings is 2. The summed E-state index contributed by atoms with van der Waals surface area (Å²) in [7, 11) is 3.18. The molecule has 0 unspecified atom stereocenters. The van der Waals surface area contributed by atoms with Crippen LogP contribution in [0.2, 0.25) is 0 Å². The second-order valence-electron chi connectivity index (χ2n) is 7.76. The Morgan fingerprint density at radius 2 is 1.84 bits per heavy atom. The molecule has 1 atom stereocenters. The van der Waals surface area contributed by atoms with Gasteiger partial charge in [-0.05, 0) is 49.7 Å².